The number of anilines is 2. The number of aromatic nitrogens is 2. The fraction of sp³-hybridized carbons (Fsp3) is 0.231. The topological polar surface area (TPSA) is 128 Å². The van der Waals surface area contributed by atoms with E-state index in [1.54, 1.807) is 0 Å². The van der Waals surface area contributed by atoms with Gasteiger partial charge in [-0.15, -0.1) is 0 Å². The van der Waals surface area contributed by atoms with Crippen LogP contribution in [0.15, 0.2) is 18.2 Å². The SMILES string of the molecule is CC(O)[C@@H](O)Oc1nc(N)nc(N)c1-c1ccc(F)c(Cl)c1. The molecule has 0 aliphatic heterocycles. The summed E-state index contributed by atoms with van der Waals surface area (Å²) in [6.45, 7) is 1.33. The summed E-state index contributed by atoms with van der Waals surface area (Å²) in [4.78, 5) is 7.64. The van der Waals surface area contributed by atoms with Crippen molar-refractivity contribution in [2.24, 2.45) is 0 Å². The number of rotatable bonds is 4. The second kappa shape index (κ2) is 6.30. The Hall–Kier alpha value is -2.16. The molecule has 0 fully saturated rings. The number of aliphatic hydroxyl groups excluding tert-OH is 2. The van der Waals surface area contributed by atoms with Crippen LogP contribution >= 0.6 is 11.6 Å². The van der Waals surface area contributed by atoms with Crippen LogP contribution in [0.25, 0.3) is 11.1 Å². The molecule has 9 heteroatoms. The highest BCUT2D eigenvalue weighted by molar-refractivity contribution is 6.31. The van der Waals surface area contributed by atoms with Gasteiger partial charge in [0.15, 0.2) is 0 Å². The largest absolute Gasteiger partial charge is 0.444 e. The highest BCUT2D eigenvalue weighted by Crippen LogP contribution is 2.35. The van der Waals surface area contributed by atoms with E-state index in [0.717, 1.165) is 6.07 Å². The van der Waals surface area contributed by atoms with Crippen LogP contribution in [0.1, 0.15) is 6.92 Å². The molecule has 0 aliphatic rings. The fourth-order valence-electron chi connectivity index (χ4n) is 1.69. The first kappa shape index (κ1) is 16.2. The molecule has 22 heavy (non-hydrogen) atoms. The number of nitrogens with two attached hydrogens (primary N) is 2. The van der Waals surface area contributed by atoms with Crippen molar-refractivity contribution in [3.05, 3.63) is 29.0 Å². The molecule has 2 rings (SSSR count). The number of nitrogen functional groups attached to an aromatic ring is 2. The molecule has 1 unspecified atom stereocenters. The third-order valence-corrected chi connectivity index (χ3v) is 3.06. The Kier molecular flexibility index (Phi) is 4.65. The predicted molar refractivity (Wildman–Crippen MR) is 79.6 cm³/mol. The third kappa shape index (κ3) is 3.35. The second-order valence-corrected chi connectivity index (χ2v) is 4.93. The average molecular weight is 329 g/mol. The van der Waals surface area contributed by atoms with Crippen molar-refractivity contribution in [2.75, 3.05) is 11.5 Å². The zero-order valence-corrected chi connectivity index (χ0v) is 12.3. The van der Waals surface area contributed by atoms with E-state index >= 15 is 0 Å². The maximum absolute atomic E-state index is 13.3. The van der Waals surface area contributed by atoms with E-state index in [-0.39, 0.29) is 28.2 Å². The summed E-state index contributed by atoms with van der Waals surface area (Å²) < 4.78 is 18.4. The van der Waals surface area contributed by atoms with Crippen molar-refractivity contribution in [2.45, 2.75) is 19.3 Å². The molecule has 1 aromatic heterocycles. The molecular formula is C13H14ClFN4O3. The van der Waals surface area contributed by atoms with Gasteiger partial charge in [-0.2, -0.15) is 9.97 Å². The Labute approximate surface area is 130 Å². The zero-order valence-electron chi connectivity index (χ0n) is 11.5. The van der Waals surface area contributed by atoms with Gasteiger partial charge in [0.2, 0.25) is 18.1 Å². The number of hydrogen-bond acceptors (Lipinski definition) is 7. The van der Waals surface area contributed by atoms with Gasteiger partial charge in [0.05, 0.1) is 10.6 Å². The molecular weight excluding hydrogens is 315 g/mol. The van der Waals surface area contributed by atoms with Crippen LogP contribution in [0.3, 0.4) is 0 Å². The van der Waals surface area contributed by atoms with Gasteiger partial charge in [0.1, 0.15) is 17.7 Å². The lowest BCUT2D eigenvalue weighted by Gasteiger charge is -2.18. The van der Waals surface area contributed by atoms with E-state index in [1.807, 2.05) is 0 Å². The van der Waals surface area contributed by atoms with E-state index in [9.17, 15) is 14.6 Å². The minimum absolute atomic E-state index is 0.0389. The van der Waals surface area contributed by atoms with E-state index in [4.69, 9.17) is 27.8 Å². The minimum Gasteiger partial charge on any atom is -0.444 e. The van der Waals surface area contributed by atoms with Gasteiger partial charge in [-0.3, -0.25) is 0 Å². The Morgan fingerprint density at radius 3 is 2.55 bits per heavy atom. The number of aliphatic hydroxyl groups is 2. The number of halogens is 2. The van der Waals surface area contributed by atoms with Crippen LogP contribution in [0.4, 0.5) is 16.2 Å². The summed E-state index contributed by atoms with van der Waals surface area (Å²) in [5.41, 5.74) is 11.9. The van der Waals surface area contributed by atoms with Gasteiger partial charge in [0.25, 0.3) is 0 Å². The van der Waals surface area contributed by atoms with Gasteiger partial charge in [-0.25, -0.2) is 4.39 Å². The molecule has 1 heterocycles. The van der Waals surface area contributed by atoms with Gasteiger partial charge in [0, 0.05) is 0 Å². The van der Waals surface area contributed by atoms with E-state index in [1.165, 1.54) is 19.1 Å². The molecule has 0 bridgehead atoms. The quantitative estimate of drug-likeness (QED) is 0.620. The average Bonchev–Trinajstić information content (AvgIpc) is 2.41. The molecule has 0 aliphatic carbocycles. The number of hydrogen-bond donors (Lipinski definition) is 4. The monoisotopic (exact) mass is 328 g/mol. The molecule has 0 saturated heterocycles. The maximum Gasteiger partial charge on any atom is 0.230 e. The molecule has 1 aromatic carbocycles. The molecule has 0 spiro atoms. The third-order valence-electron chi connectivity index (χ3n) is 2.77. The van der Waals surface area contributed by atoms with Crippen molar-refractivity contribution in [3.8, 4) is 17.0 Å². The molecule has 6 N–H and O–H groups in total. The molecule has 118 valence electrons. The summed E-state index contributed by atoms with van der Waals surface area (Å²) in [5, 5.41) is 18.8. The van der Waals surface area contributed by atoms with Crippen LogP contribution in [-0.4, -0.2) is 32.6 Å². The first-order valence-electron chi connectivity index (χ1n) is 6.20. The van der Waals surface area contributed by atoms with Crippen molar-refractivity contribution >= 4 is 23.4 Å². The predicted octanol–water partition coefficient (Wildman–Crippen LogP) is 1.18. The lowest BCUT2D eigenvalue weighted by molar-refractivity contribution is -0.0976. The summed E-state index contributed by atoms with van der Waals surface area (Å²) in [7, 11) is 0. The van der Waals surface area contributed by atoms with E-state index < -0.39 is 18.2 Å². The van der Waals surface area contributed by atoms with Crippen molar-refractivity contribution in [1.29, 1.82) is 0 Å². The number of benzene rings is 1. The van der Waals surface area contributed by atoms with Gasteiger partial charge < -0.3 is 26.4 Å². The van der Waals surface area contributed by atoms with Crippen LogP contribution in [0.2, 0.25) is 5.02 Å². The van der Waals surface area contributed by atoms with Gasteiger partial charge in [-0.1, -0.05) is 17.7 Å². The van der Waals surface area contributed by atoms with Gasteiger partial charge >= 0.3 is 0 Å². The van der Waals surface area contributed by atoms with Gasteiger partial charge in [-0.05, 0) is 24.6 Å². The fourth-order valence-corrected chi connectivity index (χ4v) is 1.88. The standard InChI is InChI=1S/C13H14ClFN4O3/c1-5(20)12(21)22-11-9(10(16)18-13(17)19-11)6-2-3-8(15)7(14)4-6/h2-5,12,20-21H,1H3,(H4,16,17,18,19)/t5?,12-/m0/s1. The molecule has 2 atom stereocenters. The van der Waals surface area contributed by atoms with Crippen LogP contribution in [-0.2, 0) is 0 Å². The first-order chi connectivity index (χ1) is 10.3. The Balaban J connectivity index is 2.55. The summed E-state index contributed by atoms with van der Waals surface area (Å²) >= 11 is 5.74. The summed E-state index contributed by atoms with van der Waals surface area (Å²) in [5.74, 6) is -0.974. The van der Waals surface area contributed by atoms with Crippen molar-refractivity contribution in [3.63, 3.8) is 0 Å². The lowest BCUT2D eigenvalue weighted by Crippen LogP contribution is -2.29. The lowest BCUT2D eigenvalue weighted by atomic mass is 10.1. The van der Waals surface area contributed by atoms with Crippen molar-refractivity contribution < 1.29 is 19.3 Å². The van der Waals surface area contributed by atoms with Crippen LogP contribution in [0.5, 0.6) is 5.88 Å². The summed E-state index contributed by atoms with van der Waals surface area (Å²) in [6.07, 6.45) is -2.73. The minimum atomic E-state index is -1.55. The molecule has 0 saturated carbocycles. The Bertz CT molecular complexity index is 699. The highest BCUT2D eigenvalue weighted by atomic mass is 35.5. The van der Waals surface area contributed by atoms with Crippen molar-refractivity contribution in [1.82, 2.24) is 9.97 Å². The van der Waals surface area contributed by atoms with E-state index in [2.05, 4.69) is 9.97 Å². The normalized spacial score (nSPS) is 13.7. The van der Waals surface area contributed by atoms with Crippen LogP contribution < -0.4 is 16.2 Å². The Morgan fingerprint density at radius 1 is 1.27 bits per heavy atom. The molecule has 7 nitrogen and oxygen atoms in total. The van der Waals surface area contributed by atoms with Crippen LogP contribution in [0, 0.1) is 5.82 Å². The summed E-state index contributed by atoms with van der Waals surface area (Å²) in [6, 6.07) is 3.85. The maximum atomic E-state index is 13.3. The smallest absolute Gasteiger partial charge is 0.230 e. The Morgan fingerprint density at radius 2 is 1.95 bits per heavy atom. The van der Waals surface area contributed by atoms with E-state index in [0.29, 0.717) is 5.56 Å². The molecule has 0 radical (unpaired) electrons. The molecule has 2 aromatic rings. The second-order valence-electron chi connectivity index (χ2n) is 4.53. The number of ether oxygens (including phenoxy) is 1. The number of nitrogens with zero attached hydrogens (tertiary/aromatic N) is 2. The zero-order chi connectivity index (χ0) is 16.4. The first-order valence-corrected chi connectivity index (χ1v) is 6.58. The highest BCUT2D eigenvalue weighted by Gasteiger charge is 2.21. The molecule has 0 amide bonds.